The highest BCUT2D eigenvalue weighted by atomic mass is 32.1. The maximum absolute atomic E-state index is 13.2. The molecule has 36 heavy (non-hydrogen) atoms. The van der Waals surface area contributed by atoms with Gasteiger partial charge in [0.15, 0.2) is 5.78 Å². The van der Waals surface area contributed by atoms with Crippen molar-refractivity contribution in [2.24, 2.45) is 11.8 Å². The molecule has 9 nitrogen and oxygen atoms in total. The maximum Gasteiger partial charge on any atom is 0.407 e. The van der Waals surface area contributed by atoms with Gasteiger partial charge in [-0.05, 0) is 31.1 Å². The Bertz CT molecular complexity index is 921. The van der Waals surface area contributed by atoms with E-state index in [1.54, 1.807) is 35.4 Å². The number of nitrogens with one attached hydrogen (secondary N) is 2. The zero-order valence-corrected chi connectivity index (χ0v) is 23.5. The molecule has 0 fully saturated rings. The van der Waals surface area contributed by atoms with Gasteiger partial charge in [-0.2, -0.15) is 0 Å². The molecule has 0 unspecified atom stereocenters. The summed E-state index contributed by atoms with van der Waals surface area (Å²) in [6, 6.07) is -0.836. The molecule has 11 heteroatoms. The predicted molar refractivity (Wildman–Crippen MR) is 143 cm³/mol. The van der Waals surface area contributed by atoms with Crippen LogP contribution in [0.2, 0.25) is 0 Å². The fourth-order valence-corrected chi connectivity index (χ4v) is 4.98. The smallest absolute Gasteiger partial charge is 0.407 e. The Labute approximate surface area is 222 Å². The number of nitrogens with zero attached hydrogens (tertiary/aromatic N) is 3. The molecule has 0 bridgehead atoms. The molecule has 2 aromatic heterocycles. The average molecular weight is 538 g/mol. The highest BCUT2D eigenvalue weighted by Gasteiger charge is 2.27. The number of ether oxygens (including phenoxy) is 1. The van der Waals surface area contributed by atoms with Crippen molar-refractivity contribution in [3.8, 4) is 0 Å². The van der Waals surface area contributed by atoms with Gasteiger partial charge in [0.25, 0.3) is 0 Å². The number of ketones is 1. The van der Waals surface area contributed by atoms with Crippen molar-refractivity contribution in [3.05, 3.63) is 33.2 Å². The zero-order chi connectivity index (χ0) is 26.5. The van der Waals surface area contributed by atoms with Gasteiger partial charge >= 0.3 is 12.1 Å². The molecule has 0 aliphatic rings. The molecule has 0 saturated heterocycles. The van der Waals surface area contributed by atoms with Crippen LogP contribution in [0.1, 0.15) is 69.6 Å². The molecule has 200 valence electrons. The van der Waals surface area contributed by atoms with E-state index < -0.39 is 12.1 Å². The van der Waals surface area contributed by atoms with E-state index in [4.69, 9.17) is 4.74 Å². The molecule has 0 aliphatic carbocycles. The van der Waals surface area contributed by atoms with Crippen molar-refractivity contribution in [2.45, 2.75) is 85.0 Å². The largest absolute Gasteiger partial charge is 0.444 e. The summed E-state index contributed by atoms with van der Waals surface area (Å²) >= 11 is 2.93. The number of hydrogen-bond donors (Lipinski definition) is 2. The molecule has 2 rings (SSSR count). The van der Waals surface area contributed by atoms with Crippen molar-refractivity contribution in [1.29, 1.82) is 0 Å². The first-order chi connectivity index (χ1) is 17.2. The number of carbonyl (C=O) groups is 3. The lowest BCUT2D eigenvalue weighted by Crippen LogP contribution is -2.49. The van der Waals surface area contributed by atoms with Gasteiger partial charge in [-0.3, -0.25) is 14.8 Å². The van der Waals surface area contributed by atoms with Gasteiger partial charge in [0.05, 0.1) is 28.5 Å². The van der Waals surface area contributed by atoms with E-state index in [1.807, 2.05) is 20.8 Å². The fourth-order valence-electron chi connectivity index (χ4n) is 3.82. The number of thiazole rings is 2. The van der Waals surface area contributed by atoms with Crippen LogP contribution in [0.15, 0.2) is 23.4 Å². The summed E-state index contributed by atoms with van der Waals surface area (Å²) in [6.45, 7) is 8.64. The Hall–Kier alpha value is -2.53. The second-order valence-electron chi connectivity index (χ2n) is 9.31. The van der Waals surface area contributed by atoms with Gasteiger partial charge in [0.2, 0.25) is 0 Å². The number of Topliss-reactive ketones (excluding diaryl/α,β-unsaturated/α-hetero) is 1. The minimum Gasteiger partial charge on any atom is -0.444 e. The van der Waals surface area contributed by atoms with E-state index in [0.29, 0.717) is 13.0 Å². The van der Waals surface area contributed by atoms with Crippen molar-refractivity contribution in [1.82, 2.24) is 25.5 Å². The van der Waals surface area contributed by atoms with Gasteiger partial charge < -0.3 is 20.3 Å². The van der Waals surface area contributed by atoms with Crippen LogP contribution < -0.4 is 10.6 Å². The first kappa shape index (κ1) is 29.7. The predicted octanol–water partition coefficient (Wildman–Crippen LogP) is 5.24. The number of carbonyl (C=O) groups excluding carboxylic acids is 3. The number of rotatable bonds is 15. The van der Waals surface area contributed by atoms with Crippen LogP contribution in [0, 0.1) is 11.8 Å². The lowest BCUT2D eigenvalue weighted by Gasteiger charge is -2.27. The Balaban J connectivity index is 1.82. The minimum atomic E-state index is -0.544. The topological polar surface area (TPSA) is 114 Å². The molecule has 3 amide bonds. The molecule has 0 saturated carbocycles. The second-order valence-corrected chi connectivity index (χ2v) is 11.3. The summed E-state index contributed by atoms with van der Waals surface area (Å²) in [4.78, 5) is 49.5. The molecular weight excluding hydrogens is 498 g/mol. The summed E-state index contributed by atoms with van der Waals surface area (Å²) < 4.78 is 5.28. The van der Waals surface area contributed by atoms with E-state index >= 15 is 0 Å². The van der Waals surface area contributed by atoms with Crippen molar-refractivity contribution in [3.63, 3.8) is 0 Å². The second kappa shape index (κ2) is 15.6. The zero-order valence-electron chi connectivity index (χ0n) is 21.9. The molecular formula is C25H39N5O4S2. The van der Waals surface area contributed by atoms with Gasteiger partial charge in [-0.1, -0.05) is 34.1 Å². The highest BCUT2D eigenvalue weighted by Crippen LogP contribution is 2.21. The monoisotopic (exact) mass is 537 g/mol. The number of alkyl carbamates (subject to hydrolysis) is 1. The third-order valence-corrected chi connectivity index (χ3v) is 7.67. The molecule has 2 aromatic rings. The summed E-state index contributed by atoms with van der Waals surface area (Å²) in [5, 5.41) is 5.86. The van der Waals surface area contributed by atoms with Crippen molar-refractivity contribution >= 4 is 40.6 Å². The third-order valence-electron chi connectivity index (χ3n) is 6.15. The van der Waals surface area contributed by atoms with Crippen LogP contribution in [0.25, 0.3) is 0 Å². The van der Waals surface area contributed by atoms with E-state index in [0.717, 1.165) is 35.4 Å². The summed E-state index contributed by atoms with van der Waals surface area (Å²) in [5.74, 6) is 0.199. The van der Waals surface area contributed by atoms with Crippen molar-refractivity contribution < 1.29 is 19.1 Å². The van der Waals surface area contributed by atoms with E-state index in [2.05, 4.69) is 27.5 Å². The molecule has 3 atom stereocenters. The number of urea groups is 1. The Morgan fingerprint density at radius 3 is 2.22 bits per heavy atom. The third kappa shape index (κ3) is 10.2. The Morgan fingerprint density at radius 2 is 1.67 bits per heavy atom. The van der Waals surface area contributed by atoms with Crippen LogP contribution >= 0.6 is 22.7 Å². The molecule has 0 radical (unpaired) electrons. The molecule has 2 heterocycles. The standard InChI is InChI=1S/C25H39N5O4S2/c1-6-18(8-9-19(7-2)28-25(33)34-14-21-12-27-16-36-21)10-22(31)23(17(3)4)29-24(32)30(5)13-20-11-26-15-35-20/h11-12,15-19,23H,6-10,13-14H2,1-5H3,(H,28,33)(H,29,32)/t18-,19-,23-/m0/s1. The first-order valence-corrected chi connectivity index (χ1v) is 14.2. The van der Waals surface area contributed by atoms with Gasteiger partial charge in [0, 0.05) is 36.8 Å². The van der Waals surface area contributed by atoms with Crippen LogP contribution in [-0.4, -0.2) is 51.9 Å². The Morgan fingerprint density at radius 1 is 1.00 bits per heavy atom. The molecule has 0 aromatic carbocycles. The Kier molecular flexibility index (Phi) is 12.8. The highest BCUT2D eigenvalue weighted by molar-refractivity contribution is 7.09. The lowest BCUT2D eigenvalue weighted by atomic mass is 9.87. The first-order valence-electron chi connectivity index (χ1n) is 12.5. The maximum atomic E-state index is 13.2. The normalized spacial score (nSPS) is 13.6. The molecule has 2 N–H and O–H groups in total. The quantitative estimate of drug-likeness (QED) is 0.321. The van der Waals surface area contributed by atoms with Gasteiger partial charge in [0.1, 0.15) is 6.61 Å². The summed E-state index contributed by atoms with van der Waals surface area (Å²) in [6.07, 6.45) is 6.57. The van der Waals surface area contributed by atoms with Crippen LogP contribution in [0.4, 0.5) is 9.59 Å². The number of hydrogen-bond acceptors (Lipinski definition) is 8. The number of aromatic nitrogens is 2. The van der Waals surface area contributed by atoms with Crippen LogP contribution in [0.3, 0.4) is 0 Å². The van der Waals surface area contributed by atoms with Crippen molar-refractivity contribution in [2.75, 3.05) is 7.05 Å². The SMILES string of the molecule is CC[C@@H](CC[C@H](CC)NC(=O)OCc1cncs1)CC(=O)[C@@H](NC(=O)N(C)Cc1cncs1)C(C)C. The van der Waals surface area contributed by atoms with Crippen LogP contribution in [-0.2, 0) is 22.7 Å². The molecule has 0 spiro atoms. The lowest BCUT2D eigenvalue weighted by molar-refractivity contribution is -0.122. The number of amides is 3. The van der Waals surface area contributed by atoms with E-state index in [1.165, 1.54) is 22.7 Å². The van der Waals surface area contributed by atoms with Gasteiger partial charge in [-0.15, -0.1) is 22.7 Å². The molecule has 0 aliphatic heterocycles. The summed E-state index contributed by atoms with van der Waals surface area (Å²) in [7, 11) is 1.71. The van der Waals surface area contributed by atoms with E-state index in [9.17, 15) is 14.4 Å². The average Bonchev–Trinajstić information content (AvgIpc) is 3.56. The van der Waals surface area contributed by atoms with Gasteiger partial charge in [-0.25, -0.2) is 9.59 Å². The van der Waals surface area contributed by atoms with Crippen LogP contribution in [0.5, 0.6) is 0 Å². The summed E-state index contributed by atoms with van der Waals surface area (Å²) in [5.41, 5.74) is 3.44. The fraction of sp³-hybridized carbons (Fsp3) is 0.640. The van der Waals surface area contributed by atoms with E-state index in [-0.39, 0.29) is 36.3 Å². The minimum absolute atomic E-state index is 0.0193.